The zero-order chi connectivity index (χ0) is 14.9. The smallest absolute Gasteiger partial charge is 0.252 e. The van der Waals surface area contributed by atoms with Crippen LogP contribution in [0.1, 0.15) is 41.2 Å². The van der Waals surface area contributed by atoms with Crippen molar-refractivity contribution in [2.75, 3.05) is 11.9 Å². The number of carbonyl (C=O) groups excluding carboxylic acids is 1. The summed E-state index contributed by atoms with van der Waals surface area (Å²) in [5, 5.41) is 9.27. The summed E-state index contributed by atoms with van der Waals surface area (Å²) >= 11 is 1.55. The van der Waals surface area contributed by atoms with Crippen molar-refractivity contribution in [3.63, 3.8) is 0 Å². The highest BCUT2D eigenvalue weighted by Gasteiger charge is 2.26. The highest BCUT2D eigenvalue weighted by molar-refractivity contribution is 7.09. The fraction of sp³-hybridized carbons (Fsp3) is 0.375. The first-order valence-electron chi connectivity index (χ1n) is 7.15. The molecule has 0 radical (unpaired) electrons. The Bertz CT molecular complexity index is 650. The summed E-state index contributed by atoms with van der Waals surface area (Å²) in [5.41, 5.74) is 2.62. The number of benzene rings is 1. The summed E-state index contributed by atoms with van der Waals surface area (Å²) in [7, 11) is 0. The summed E-state index contributed by atoms with van der Waals surface area (Å²) in [6.45, 7) is 4.96. The molecule has 2 heterocycles. The van der Waals surface area contributed by atoms with Crippen molar-refractivity contribution in [1.82, 2.24) is 10.3 Å². The van der Waals surface area contributed by atoms with Crippen LogP contribution in [-0.2, 0) is 12.0 Å². The molecule has 5 heteroatoms. The van der Waals surface area contributed by atoms with Crippen LogP contribution in [0.15, 0.2) is 29.8 Å². The normalized spacial score (nSPS) is 14.2. The molecule has 1 aromatic carbocycles. The molecule has 1 aliphatic heterocycles. The SMILES string of the molecule is CC(C)(NC(=O)c1ccc2c(c1)CCCN2)c1nccs1. The largest absolute Gasteiger partial charge is 0.385 e. The Hall–Kier alpha value is -1.88. The van der Waals surface area contributed by atoms with Crippen molar-refractivity contribution in [3.05, 3.63) is 45.9 Å². The van der Waals surface area contributed by atoms with Crippen LogP contribution in [0.4, 0.5) is 5.69 Å². The topological polar surface area (TPSA) is 54.0 Å². The first kappa shape index (κ1) is 14.1. The maximum Gasteiger partial charge on any atom is 0.252 e. The van der Waals surface area contributed by atoms with Gasteiger partial charge in [-0.1, -0.05) is 0 Å². The van der Waals surface area contributed by atoms with Crippen LogP contribution in [0.5, 0.6) is 0 Å². The number of amides is 1. The van der Waals surface area contributed by atoms with Gasteiger partial charge in [0.05, 0.1) is 5.54 Å². The molecule has 0 saturated carbocycles. The average molecular weight is 301 g/mol. The van der Waals surface area contributed by atoms with Crippen LogP contribution in [0.2, 0.25) is 0 Å². The molecule has 1 aliphatic rings. The van der Waals surface area contributed by atoms with Crippen LogP contribution >= 0.6 is 11.3 Å². The minimum Gasteiger partial charge on any atom is -0.385 e. The quantitative estimate of drug-likeness (QED) is 0.915. The molecule has 21 heavy (non-hydrogen) atoms. The molecule has 2 N–H and O–H groups in total. The number of rotatable bonds is 3. The fourth-order valence-corrected chi connectivity index (χ4v) is 3.28. The van der Waals surface area contributed by atoms with Crippen LogP contribution in [-0.4, -0.2) is 17.4 Å². The maximum absolute atomic E-state index is 12.5. The molecule has 1 amide bonds. The van der Waals surface area contributed by atoms with Crippen LogP contribution in [0.3, 0.4) is 0 Å². The summed E-state index contributed by atoms with van der Waals surface area (Å²) in [4.78, 5) is 16.8. The molecule has 0 spiro atoms. The van der Waals surface area contributed by atoms with Crippen molar-refractivity contribution < 1.29 is 4.79 Å². The molecule has 0 bridgehead atoms. The summed E-state index contributed by atoms with van der Waals surface area (Å²) < 4.78 is 0. The van der Waals surface area contributed by atoms with E-state index in [1.807, 2.05) is 37.4 Å². The fourth-order valence-electron chi connectivity index (χ4n) is 2.56. The maximum atomic E-state index is 12.5. The molecule has 0 aliphatic carbocycles. The Morgan fingerprint density at radius 1 is 1.43 bits per heavy atom. The van der Waals surface area contributed by atoms with E-state index in [1.54, 1.807) is 17.5 Å². The zero-order valence-electron chi connectivity index (χ0n) is 12.3. The van der Waals surface area contributed by atoms with Crippen LogP contribution in [0, 0.1) is 0 Å². The van der Waals surface area contributed by atoms with E-state index >= 15 is 0 Å². The number of aromatic nitrogens is 1. The Labute approximate surface area is 128 Å². The Morgan fingerprint density at radius 2 is 2.29 bits per heavy atom. The van der Waals surface area contributed by atoms with E-state index < -0.39 is 5.54 Å². The number of nitrogens with one attached hydrogen (secondary N) is 2. The van der Waals surface area contributed by atoms with Gasteiger partial charge in [-0.25, -0.2) is 4.98 Å². The molecule has 0 unspecified atom stereocenters. The third-order valence-corrected chi connectivity index (χ3v) is 4.80. The van der Waals surface area contributed by atoms with Gasteiger partial charge in [-0.15, -0.1) is 11.3 Å². The molecular weight excluding hydrogens is 282 g/mol. The highest BCUT2D eigenvalue weighted by atomic mass is 32.1. The van der Waals surface area contributed by atoms with E-state index in [1.165, 1.54) is 5.56 Å². The zero-order valence-corrected chi connectivity index (χ0v) is 13.1. The van der Waals surface area contributed by atoms with E-state index in [-0.39, 0.29) is 5.91 Å². The lowest BCUT2D eigenvalue weighted by atomic mass is 9.99. The number of carbonyl (C=O) groups is 1. The molecule has 0 atom stereocenters. The number of fused-ring (bicyclic) bond motifs is 1. The van der Waals surface area contributed by atoms with Crippen molar-refractivity contribution in [1.29, 1.82) is 0 Å². The first-order chi connectivity index (χ1) is 10.1. The lowest BCUT2D eigenvalue weighted by Crippen LogP contribution is -2.41. The van der Waals surface area contributed by atoms with Gasteiger partial charge in [0.2, 0.25) is 0 Å². The molecule has 2 aromatic rings. The Balaban J connectivity index is 1.79. The third-order valence-electron chi connectivity index (χ3n) is 3.70. The second-order valence-corrected chi connectivity index (χ2v) is 6.71. The van der Waals surface area contributed by atoms with Crippen molar-refractivity contribution in [2.24, 2.45) is 0 Å². The third kappa shape index (κ3) is 2.93. The number of thiazole rings is 1. The van der Waals surface area contributed by atoms with Gasteiger partial charge in [0.25, 0.3) is 5.91 Å². The highest BCUT2D eigenvalue weighted by Crippen LogP contribution is 2.25. The second-order valence-electron chi connectivity index (χ2n) is 5.82. The van der Waals surface area contributed by atoms with Gasteiger partial charge in [0.1, 0.15) is 5.01 Å². The number of hydrogen-bond acceptors (Lipinski definition) is 4. The van der Waals surface area contributed by atoms with Crippen molar-refractivity contribution in [3.8, 4) is 0 Å². The van der Waals surface area contributed by atoms with E-state index in [9.17, 15) is 4.79 Å². The van der Waals surface area contributed by atoms with Gasteiger partial charge in [-0.2, -0.15) is 0 Å². The number of nitrogens with zero attached hydrogens (tertiary/aromatic N) is 1. The molecule has 4 nitrogen and oxygen atoms in total. The average Bonchev–Trinajstić information content (AvgIpc) is 3.01. The molecule has 0 fully saturated rings. The number of aryl methyl sites for hydroxylation is 1. The van der Waals surface area contributed by atoms with Gasteiger partial charge in [0.15, 0.2) is 0 Å². The van der Waals surface area contributed by atoms with Crippen molar-refractivity contribution in [2.45, 2.75) is 32.2 Å². The molecule has 0 saturated heterocycles. The van der Waals surface area contributed by atoms with E-state index in [4.69, 9.17) is 0 Å². The van der Waals surface area contributed by atoms with E-state index in [0.29, 0.717) is 5.56 Å². The van der Waals surface area contributed by atoms with Gasteiger partial charge in [0, 0.05) is 29.4 Å². The number of anilines is 1. The summed E-state index contributed by atoms with van der Waals surface area (Å²) in [6, 6.07) is 5.87. The molecule has 110 valence electrons. The summed E-state index contributed by atoms with van der Waals surface area (Å²) in [5.74, 6) is -0.0522. The van der Waals surface area contributed by atoms with E-state index in [0.717, 1.165) is 30.1 Å². The minimum atomic E-state index is -0.459. The predicted molar refractivity (Wildman–Crippen MR) is 85.9 cm³/mol. The van der Waals surface area contributed by atoms with Gasteiger partial charge in [-0.3, -0.25) is 4.79 Å². The lowest BCUT2D eigenvalue weighted by molar-refractivity contribution is 0.0912. The van der Waals surface area contributed by atoms with Crippen LogP contribution in [0.25, 0.3) is 0 Å². The lowest BCUT2D eigenvalue weighted by Gasteiger charge is -2.24. The van der Waals surface area contributed by atoms with Crippen molar-refractivity contribution >= 4 is 22.9 Å². The van der Waals surface area contributed by atoms with Gasteiger partial charge >= 0.3 is 0 Å². The standard InChI is InChI=1S/C16H19N3OS/c1-16(2,15-18-8-9-21-15)19-14(20)12-5-6-13-11(10-12)4-3-7-17-13/h5-6,8-10,17H,3-4,7H2,1-2H3,(H,19,20). The second kappa shape index (κ2) is 5.48. The predicted octanol–water partition coefficient (Wildman–Crippen LogP) is 3.17. The molecule has 3 rings (SSSR count). The first-order valence-corrected chi connectivity index (χ1v) is 8.03. The Kier molecular flexibility index (Phi) is 3.68. The number of hydrogen-bond donors (Lipinski definition) is 2. The molecular formula is C16H19N3OS. The van der Waals surface area contributed by atoms with Crippen LogP contribution < -0.4 is 10.6 Å². The Morgan fingerprint density at radius 3 is 3.05 bits per heavy atom. The van der Waals surface area contributed by atoms with E-state index in [2.05, 4.69) is 15.6 Å². The van der Waals surface area contributed by atoms with Gasteiger partial charge in [-0.05, 0) is 50.5 Å². The van der Waals surface area contributed by atoms with Gasteiger partial charge < -0.3 is 10.6 Å². The molecule has 1 aromatic heterocycles. The minimum absolute atomic E-state index is 0.0522. The monoisotopic (exact) mass is 301 g/mol. The summed E-state index contributed by atoms with van der Waals surface area (Å²) in [6.07, 6.45) is 3.90.